The summed E-state index contributed by atoms with van der Waals surface area (Å²) >= 11 is 5.61. The molecule has 2 rings (SSSR count). The smallest absolute Gasteiger partial charge is 0.141 e. The molecule has 0 bridgehead atoms. The van der Waals surface area contributed by atoms with Crippen LogP contribution in [0.15, 0.2) is 30.5 Å². The lowest BCUT2D eigenvalue weighted by Crippen LogP contribution is -2.16. The van der Waals surface area contributed by atoms with Gasteiger partial charge in [-0.1, -0.05) is 11.6 Å². The summed E-state index contributed by atoms with van der Waals surface area (Å²) in [6, 6.07) is 4.47. The van der Waals surface area contributed by atoms with E-state index in [0.29, 0.717) is 6.54 Å². The molecule has 0 spiro atoms. The van der Waals surface area contributed by atoms with Crippen molar-refractivity contribution in [1.29, 1.82) is 0 Å². The predicted octanol–water partition coefficient (Wildman–Crippen LogP) is 2.74. The van der Waals surface area contributed by atoms with Crippen molar-refractivity contribution in [1.82, 2.24) is 0 Å². The summed E-state index contributed by atoms with van der Waals surface area (Å²) in [6.45, 7) is 0.655. The Hall–Kier alpha value is -1.22. The number of anilines is 1. The van der Waals surface area contributed by atoms with E-state index in [1.165, 1.54) is 12.1 Å². The molecular formula is C9H7ClFNO. The molecule has 68 valence electrons. The Bertz CT molecular complexity index is 345. The highest BCUT2D eigenvalue weighted by atomic mass is 35.5. The van der Waals surface area contributed by atoms with Gasteiger partial charge in [0.25, 0.3) is 0 Å². The van der Waals surface area contributed by atoms with E-state index in [1.807, 2.05) is 6.08 Å². The molecule has 0 saturated heterocycles. The lowest BCUT2D eigenvalue weighted by molar-refractivity contribution is 0.246. The largest absolute Gasteiger partial charge is 0.387 e. The number of nitrogens with zero attached hydrogens (tertiary/aromatic N) is 1. The van der Waals surface area contributed by atoms with Gasteiger partial charge in [0.15, 0.2) is 0 Å². The Kier molecular flexibility index (Phi) is 2.10. The molecule has 0 atom stereocenters. The first-order valence-electron chi connectivity index (χ1n) is 3.82. The number of halogens is 2. The molecule has 1 heterocycles. The minimum Gasteiger partial charge on any atom is -0.387 e. The zero-order valence-corrected chi connectivity index (χ0v) is 7.46. The second-order valence-electron chi connectivity index (χ2n) is 2.64. The number of benzene rings is 1. The van der Waals surface area contributed by atoms with Gasteiger partial charge in [0, 0.05) is 0 Å². The first kappa shape index (κ1) is 8.38. The van der Waals surface area contributed by atoms with Gasteiger partial charge in [0.1, 0.15) is 12.1 Å². The van der Waals surface area contributed by atoms with Crippen molar-refractivity contribution < 1.29 is 9.23 Å². The molecule has 0 unspecified atom stereocenters. The molecule has 0 radical (unpaired) electrons. The molecule has 1 aromatic carbocycles. The van der Waals surface area contributed by atoms with Crippen molar-refractivity contribution >= 4 is 17.3 Å². The third-order valence-electron chi connectivity index (χ3n) is 1.75. The van der Waals surface area contributed by atoms with Crippen molar-refractivity contribution in [2.45, 2.75) is 0 Å². The minimum absolute atomic E-state index is 0.105. The van der Waals surface area contributed by atoms with Crippen LogP contribution in [0.1, 0.15) is 0 Å². The van der Waals surface area contributed by atoms with E-state index < -0.39 is 5.82 Å². The first-order chi connectivity index (χ1) is 6.27. The Balaban J connectivity index is 2.26. The molecule has 4 heteroatoms. The van der Waals surface area contributed by atoms with Crippen LogP contribution in [0.4, 0.5) is 10.1 Å². The van der Waals surface area contributed by atoms with E-state index in [4.69, 9.17) is 16.4 Å². The van der Waals surface area contributed by atoms with E-state index >= 15 is 0 Å². The fourth-order valence-corrected chi connectivity index (χ4v) is 1.28. The maximum absolute atomic E-state index is 12.8. The Morgan fingerprint density at radius 3 is 2.92 bits per heavy atom. The molecule has 0 N–H and O–H groups in total. The van der Waals surface area contributed by atoms with Gasteiger partial charge in [-0.3, -0.25) is 0 Å². The van der Waals surface area contributed by atoms with Crippen molar-refractivity contribution in [2.75, 3.05) is 11.6 Å². The second-order valence-corrected chi connectivity index (χ2v) is 3.04. The summed E-state index contributed by atoms with van der Waals surface area (Å²) in [5.41, 5.74) is 0.747. The summed E-state index contributed by atoms with van der Waals surface area (Å²) in [5, 5.41) is 1.72. The van der Waals surface area contributed by atoms with Gasteiger partial charge in [-0.15, -0.1) is 0 Å². The molecular weight excluding hydrogens is 193 g/mol. The molecule has 0 amide bonds. The van der Waals surface area contributed by atoms with Crippen molar-refractivity contribution in [3.05, 3.63) is 41.4 Å². The maximum atomic E-state index is 12.8. The van der Waals surface area contributed by atoms with Gasteiger partial charge in [0.2, 0.25) is 0 Å². The average molecular weight is 200 g/mol. The third-order valence-corrected chi connectivity index (χ3v) is 2.04. The van der Waals surface area contributed by atoms with Crippen molar-refractivity contribution in [2.24, 2.45) is 0 Å². The van der Waals surface area contributed by atoms with Crippen LogP contribution in [0, 0.1) is 5.82 Å². The Morgan fingerprint density at radius 2 is 2.31 bits per heavy atom. The van der Waals surface area contributed by atoms with Crippen LogP contribution in [0.3, 0.4) is 0 Å². The number of hydroxylamine groups is 1. The zero-order chi connectivity index (χ0) is 9.26. The van der Waals surface area contributed by atoms with E-state index in [1.54, 1.807) is 17.4 Å². The van der Waals surface area contributed by atoms with Crippen LogP contribution < -0.4 is 5.06 Å². The van der Waals surface area contributed by atoms with E-state index in [0.717, 1.165) is 5.69 Å². The fraction of sp³-hybridized carbons (Fsp3) is 0.111. The Labute approximate surface area is 80.1 Å². The van der Waals surface area contributed by atoms with Crippen LogP contribution in [0.25, 0.3) is 0 Å². The molecule has 1 aliphatic heterocycles. The molecule has 0 aliphatic carbocycles. The average Bonchev–Trinajstić information content (AvgIpc) is 2.62. The van der Waals surface area contributed by atoms with E-state index in [9.17, 15) is 4.39 Å². The summed E-state index contributed by atoms with van der Waals surface area (Å²) < 4.78 is 12.8. The molecule has 0 fully saturated rings. The van der Waals surface area contributed by atoms with Crippen molar-refractivity contribution in [3.63, 3.8) is 0 Å². The zero-order valence-electron chi connectivity index (χ0n) is 6.71. The summed E-state index contributed by atoms with van der Waals surface area (Å²) in [4.78, 5) is 5.11. The van der Waals surface area contributed by atoms with Crippen LogP contribution in [0.2, 0.25) is 5.02 Å². The van der Waals surface area contributed by atoms with Gasteiger partial charge in [-0.2, -0.15) is 0 Å². The molecule has 1 aromatic rings. The van der Waals surface area contributed by atoms with Gasteiger partial charge >= 0.3 is 0 Å². The highest BCUT2D eigenvalue weighted by Crippen LogP contribution is 2.24. The maximum Gasteiger partial charge on any atom is 0.141 e. The SMILES string of the molecule is Fc1ccc(N2CC=CO2)cc1Cl. The van der Waals surface area contributed by atoms with Crippen LogP contribution in [-0.4, -0.2) is 6.54 Å². The molecule has 0 saturated carbocycles. The van der Waals surface area contributed by atoms with Gasteiger partial charge < -0.3 is 4.84 Å². The monoisotopic (exact) mass is 199 g/mol. The van der Waals surface area contributed by atoms with Crippen LogP contribution in [0.5, 0.6) is 0 Å². The summed E-state index contributed by atoms with van der Waals surface area (Å²) in [6.07, 6.45) is 3.44. The normalized spacial score (nSPS) is 14.8. The third kappa shape index (κ3) is 1.60. The van der Waals surface area contributed by atoms with Gasteiger partial charge in [-0.05, 0) is 24.3 Å². The highest BCUT2D eigenvalue weighted by molar-refractivity contribution is 6.31. The lowest BCUT2D eigenvalue weighted by atomic mass is 10.3. The molecule has 1 aliphatic rings. The highest BCUT2D eigenvalue weighted by Gasteiger charge is 2.10. The lowest BCUT2D eigenvalue weighted by Gasteiger charge is -2.16. The molecule has 2 nitrogen and oxygen atoms in total. The van der Waals surface area contributed by atoms with Gasteiger partial charge in [-0.25, -0.2) is 9.45 Å². The van der Waals surface area contributed by atoms with Crippen molar-refractivity contribution in [3.8, 4) is 0 Å². The number of rotatable bonds is 1. The standard InChI is InChI=1S/C9H7ClFNO/c10-8-6-7(2-3-9(8)11)12-4-1-5-13-12/h1-3,5-6H,4H2. The second kappa shape index (κ2) is 3.26. The number of hydrogen-bond acceptors (Lipinski definition) is 2. The van der Waals surface area contributed by atoms with Crippen LogP contribution >= 0.6 is 11.6 Å². The quantitative estimate of drug-likeness (QED) is 0.690. The molecule has 13 heavy (non-hydrogen) atoms. The minimum atomic E-state index is -0.419. The van der Waals surface area contributed by atoms with E-state index in [2.05, 4.69) is 0 Å². The molecule has 0 aromatic heterocycles. The topological polar surface area (TPSA) is 12.5 Å². The predicted molar refractivity (Wildman–Crippen MR) is 49.0 cm³/mol. The Morgan fingerprint density at radius 1 is 1.46 bits per heavy atom. The summed E-state index contributed by atoms with van der Waals surface area (Å²) in [5.74, 6) is -0.419. The number of hydrogen-bond donors (Lipinski definition) is 0. The fourth-order valence-electron chi connectivity index (χ4n) is 1.10. The van der Waals surface area contributed by atoms with Crippen LogP contribution in [-0.2, 0) is 4.84 Å². The van der Waals surface area contributed by atoms with Gasteiger partial charge in [0.05, 0.1) is 17.3 Å². The summed E-state index contributed by atoms with van der Waals surface area (Å²) in [7, 11) is 0. The first-order valence-corrected chi connectivity index (χ1v) is 4.19. The van der Waals surface area contributed by atoms with E-state index in [-0.39, 0.29) is 5.02 Å².